The molecule has 0 fully saturated rings. The first-order chi connectivity index (χ1) is 26.5. The zero-order chi connectivity index (χ0) is 40.9. The van der Waals surface area contributed by atoms with Gasteiger partial charge in [0, 0.05) is 17.4 Å². The van der Waals surface area contributed by atoms with Gasteiger partial charge >= 0.3 is 23.7 Å². The standard InChI is InChI=1S/C19H13F3N2O2.C17H13F3N2O3S.C3H4O/c1-2-11-25-18-24-23-17(26-18)16-6-4-3-5-14(16)12-13-7-9-15(10-8-13)19(20,21)22;1-26(23,24)16-22-21-15(25-16)14-5-3-2-4-12(14)10-11-6-8-13(9-7-11)17(18,19)20;1-2-3-4/h1,3-10H,11-12H2;2-9H,10H2,1H3;1,4H,3H2. The Hall–Kier alpha value is -6.43. The highest BCUT2D eigenvalue weighted by Gasteiger charge is 2.31. The molecule has 1 N–H and O–H groups in total. The monoisotopic (exact) mass is 796 g/mol. The molecule has 0 amide bonds. The smallest absolute Gasteiger partial charge is 0.416 e. The lowest BCUT2D eigenvalue weighted by molar-refractivity contribution is -0.138. The van der Waals surface area contributed by atoms with E-state index in [-0.39, 0.29) is 31.1 Å². The largest absolute Gasteiger partial charge is 0.436 e. The van der Waals surface area contributed by atoms with Gasteiger partial charge in [0.25, 0.3) is 5.89 Å². The number of rotatable bonds is 9. The third-order valence-corrected chi connectivity index (χ3v) is 8.15. The highest BCUT2D eigenvalue weighted by atomic mass is 32.2. The number of benzene rings is 4. The van der Waals surface area contributed by atoms with Gasteiger partial charge in [0.1, 0.15) is 6.61 Å². The Balaban J connectivity index is 0.000000227. The van der Waals surface area contributed by atoms with E-state index in [9.17, 15) is 34.8 Å². The summed E-state index contributed by atoms with van der Waals surface area (Å²) in [6, 6.07) is 24.1. The number of hydrogen-bond acceptors (Lipinski definition) is 10. The minimum absolute atomic E-state index is 0.00876. The van der Waals surface area contributed by atoms with Crippen molar-refractivity contribution in [2.45, 2.75) is 30.4 Å². The lowest BCUT2D eigenvalue weighted by atomic mass is 9.99. The van der Waals surface area contributed by atoms with E-state index in [2.05, 4.69) is 32.7 Å². The fourth-order valence-corrected chi connectivity index (χ4v) is 5.20. The Morgan fingerprint density at radius 1 is 0.661 bits per heavy atom. The summed E-state index contributed by atoms with van der Waals surface area (Å²) in [6.07, 6.45) is 2.55. The van der Waals surface area contributed by atoms with E-state index in [4.69, 9.17) is 25.1 Å². The van der Waals surface area contributed by atoms with Gasteiger partial charge in [0.2, 0.25) is 15.7 Å². The van der Waals surface area contributed by atoms with Crippen molar-refractivity contribution >= 4 is 9.84 Å². The molecule has 0 aliphatic carbocycles. The van der Waals surface area contributed by atoms with E-state index in [0.29, 0.717) is 29.5 Å². The van der Waals surface area contributed by atoms with Gasteiger partial charge in [-0.1, -0.05) is 82.7 Å². The van der Waals surface area contributed by atoms with Crippen LogP contribution in [0.4, 0.5) is 26.3 Å². The molecule has 0 spiro atoms. The van der Waals surface area contributed by atoms with Crippen molar-refractivity contribution in [2.75, 3.05) is 19.5 Å². The topological polar surface area (TPSA) is 141 Å². The number of ether oxygens (including phenoxy) is 1. The fraction of sp³-hybridized carbons (Fsp3) is 0.179. The molecule has 290 valence electrons. The summed E-state index contributed by atoms with van der Waals surface area (Å²) in [7, 11) is -3.63. The molecule has 0 saturated heterocycles. The molecule has 0 atom stereocenters. The van der Waals surface area contributed by atoms with E-state index >= 15 is 0 Å². The van der Waals surface area contributed by atoms with Crippen molar-refractivity contribution in [3.05, 3.63) is 130 Å². The summed E-state index contributed by atoms with van der Waals surface area (Å²) in [5.41, 5.74) is 2.74. The van der Waals surface area contributed by atoms with Crippen LogP contribution in [0.5, 0.6) is 6.08 Å². The van der Waals surface area contributed by atoms with Gasteiger partial charge in [0.15, 0.2) is 6.61 Å². The maximum absolute atomic E-state index is 12.7. The third kappa shape index (κ3) is 12.0. The third-order valence-electron chi connectivity index (χ3n) is 7.35. The number of aliphatic hydroxyl groups excluding tert-OH is 1. The SMILES string of the molecule is C#CCO.C#CCOc1nnc(-c2ccccc2Cc2ccc(C(F)(F)F)cc2)o1.CS(=O)(=O)c1nnc(-c2ccccc2Cc2ccc(C(F)(F)F)cc2)o1. The number of sulfone groups is 1. The van der Waals surface area contributed by atoms with Crippen LogP contribution in [0.2, 0.25) is 0 Å². The van der Waals surface area contributed by atoms with Crippen LogP contribution in [0.15, 0.2) is 111 Å². The van der Waals surface area contributed by atoms with E-state index in [0.717, 1.165) is 47.2 Å². The molecule has 0 aliphatic rings. The van der Waals surface area contributed by atoms with Crippen LogP contribution in [-0.2, 0) is 35.0 Å². The van der Waals surface area contributed by atoms with Gasteiger partial charge in [-0.2, -0.15) is 26.3 Å². The molecule has 0 bridgehead atoms. The second kappa shape index (κ2) is 18.7. The Bertz CT molecular complexity index is 2390. The molecule has 0 aliphatic heterocycles. The number of alkyl halides is 6. The summed E-state index contributed by atoms with van der Waals surface area (Å²) < 4.78 is 115. The van der Waals surface area contributed by atoms with Crippen molar-refractivity contribution < 1.29 is 53.4 Å². The number of hydrogen-bond donors (Lipinski definition) is 1. The first-order valence-corrected chi connectivity index (χ1v) is 17.9. The highest BCUT2D eigenvalue weighted by Crippen LogP contribution is 2.32. The van der Waals surface area contributed by atoms with Gasteiger partial charge in [-0.05, 0) is 71.5 Å². The minimum atomic E-state index is -4.39. The number of aromatic nitrogens is 4. The Labute approximate surface area is 317 Å². The molecule has 2 heterocycles. The van der Waals surface area contributed by atoms with Crippen LogP contribution in [0.3, 0.4) is 0 Å². The predicted molar refractivity (Wildman–Crippen MR) is 191 cm³/mol. The summed E-state index contributed by atoms with van der Waals surface area (Å²) >= 11 is 0. The van der Waals surface area contributed by atoms with E-state index in [1.807, 2.05) is 18.1 Å². The Morgan fingerprint density at radius 2 is 1.09 bits per heavy atom. The van der Waals surface area contributed by atoms with Crippen molar-refractivity contribution in [1.29, 1.82) is 0 Å². The molecule has 6 aromatic rings. The summed E-state index contributed by atoms with van der Waals surface area (Å²) in [5.74, 6) is 4.57. The number of terminal acetylenes is 2. The minimum Gasteiger partial charge on any atom is -0.436 e. The van der Waals surface area contributed by atoms with Gasteiger partial charge in [-0.15, -0.1) is 23.0 Å². The molecule has 0 radical (unpaired) electrons. The van der Waals surface area contributed by atoms with Crippen LogP contribution in [0, 0.1) is 24.7 Å². The van der Waals surface area contributed by atoms with E-state index in [1.54, 1.807) is 36.4 Å². The van der Waals surface area contributed by atoms with E-state index < -0.39 is 38.5 Å². The van der Waals surface area contributed by atoms with Gasteiger partial charge in [-0.3, -0.25) is 0 Å². The molecule has 0 saturated carbocycles. The second-order valence-electron chi connectivity index (χ2n) is 11.4. The average Bonchev–Trinajstić information content (AvgIpc) is 3.86. The van der Waals surface area contributed by atoms with Crippen molar-refractivity contribution in [3.63, 3.8) is 0 Å². The summed E-state index contributed by atoms with van der Waals surface area (Å²) in [5, 5.41) is 22.1. The molecule has 10 nitrogen and oxygen atoms in total. The van der Waals surface area contributed by atoms with Crippen LogP contribution in [-0.4, -0.2) is 53.4 Å². The molecular formula is C39H30F6N4O6S. The molecule has 4 aromatic carbocycles. The van der Waals surface area contributed by atoms with Crippen molar-refractivity contribution in [2.24, 2.45) is 0 Å². The molecule has 2 aromatic heterocycles. The lowest BCUT2D eigenvalue weighted by Crippen LogP contribution is -2.04. The van der Waals surface area contributed by atoms with Crippen LogP contribution >= 0.6 is 0 Å². The first-order valence-electron chi connectivity index (χ1n) is 16.0. The van der Waals surface area contributed by atoms with Gasteiger partial charge < -0.3 is 18.7 Å². The zero-order valence-corrected chi connectivity index (χ0v) is 30.0. The number of nitrogens with zero attached hydrogens (tertiary/aromatic N) is 4. The molecular weight excluding hydrogens is 767 g/mol. The number of aliphatic hydroxyl groups is 1. The quantitative estimate of drug-likeness (QED) is 0.114. The molecule has 17 heteroatoms. The summed E-state index contributed by atoms with van der Waals surface area (Å²) in [4.78, 5) is 0. The maximum Gasteiger partial charge on any atom is 0.416 e. The number of halogens is 6. The van der Waals surface area contributed by atoms with Crippen molar-refractivity contribution in [3.8, 4) is 53.7 Å². The maximum atomic E-state index is 12.7. The second-order valence-corrected chi connectivity index (χ2v) is 13.3. The summed E-state index contributed by atoms with van der Waals surface area (Å²) in [6.45, 7) is -0.144. The van der Waals surface area contributed by atoms with E-state index in [1.165, 1.54) is 24.3 Å². The van der Waals surface area contributed by atoms with Gasteiger partial charge in [-0.25, -0.2) is 8.42 Å². The zero-order valence-electron chi connectivity index (χ0n) is 29.2. The normalized spacial score (nSPS) is 11.2. The molecule has 0 unspecified atom stereocenters. The first kappa shape index (κ1) is 42.3. The average molecular weight is 797 g/mol. The molecule has 6 rings (SSSR count). The highest BCUT2D eigenvalue weighted by molar-refractivity contribution is 7.90. The fourth-order valence-electron chi connectivity index (χ4n) is 4.78. The van der Waals surface area contributed by atoms with Crippen LogP contribution in [0.25, 0.3) is 22.9 Å². The van der Waals surface area contributed by atoms with Crippen molar-refractivity contribution in [1.82, 2.24) is 20.4 Å². The van der Waals surface area contributed by atoms with Crippen LogP contribution in [0.1, 0.15) is 33.4 Å². The molecule has 56 heavy (non-hydrogen) atoms. The van der Waals surface area contributed by atoms with Gasteiger partial charge in [0.05, 0.1) is 11.1 Å². The Kier molecular flexibility index (Phi) is 14.2. The Morgan fingerprint density at radius 3 is 1.48 bits per heavy atom. The predicted octanol–water partition coefficient (Wildman–Crippen LogP) is 7.72. The van der Waals surface area contributed by atoms with Crippen LogP contribution < -0.4 is 4.74 Å². The lowest BCUT2D eigenvalue weighted by Gasteiger charge is -2.09.